The van der Waals surface area contributed by atoms with E-state index in [1.54, 1.807) is 0 Å². The van der Waals surface area contributed by atoms with E-state index in [9.17, 15) is 4.79 Å². The molecule has 102 valence electrons. The number of aromatic nitrogens is 1. The topological polar surface area (TPSA) is 42.0 Å². The molecule has 3 nitrogen and oxygen atoms in total. The summed E-state index contributed by atoms with van der Waals surface area (Å²) in [5.41, 5.74) is 5.27. The lowest BCUT2D eigenvalue weighted by molar-refractivity contribution is 0.0945. The fourth-order valence-electron chi connectivity index (χ4n) is 2.77. The molecule has 20 heavy (non-hydrogen) atoms. The Kier molecular flexibility index (Phi) is 3.50. The zero-order chi connectivity index (χ0) is 13.9. The number of hydrogen-bond donors (Lipinski definition) is 1. The summed E-state index contributed by atoms with van der Waals surface area (Å²) < 4.78 is 0. The van der Waals surface area contributed by atoms with Gasteiger partial charge in [0.1, 0.15) is 5.69 Å². The Morgan fingerprint density at radius 2 is 2.05 bits per heavy atom. The van der Waals surface area contributed by atoms with Crippen LogP contribution in [0.1, 0.15) is 39.3 Å². The van der Waals surface area contributed by atoms with Crippen LogP contribution in [0.2, 0.25) is 0 Å². The SMILES string of the molecule is Cc1nc(C(=O)NCc2ccccc2)cc2c1CCC2. The molecular weight excluding hydrogens is 248 g/mol. The van der Waals surface area contributed by atoms with Crippen molar-refractivity contribution < 1.29 is 4.79 Å². The number of nitrogens with zero attached hydrogens (tertiary/aromatic N) is 1. The van der Waals surface area contributed by atoms with E-state index in [0.717, 1.165) is 24.1 Å². The summed E-state index contributed by atoms with van der Waals surface area (Å²) in [6.07, 6.45) is 3.34. The average molecular weight is 266 g/mol. The number of nitrogens with one attached hydrogen (secondary N) is 1. The van der Waals surface area contributed by atoms with E-state index in [1.807, 2.05) is 43.3 Å². The highest BCUT2D eigenvalue weighted by atomic mass is 16.1. The second-order valence-electron chi connectivity index (χ2n) is 5.25. The zero-order valence-electron chi connectivity index (χ0n) is 11.6. The second kappa shape index (κ2) is 5.45. The van der Waals surface area contributed by atoms with Crippen molar-refractivity contribution in [3.8, 4) is 0 Å². The van der Waals surface area contributed by atoms with Crippen molar-refractivity contribution in [2.45, 2.75) is 32.7 Å². The summed E-state index contributed by atoms with van der Waals surface area (Å²) in [5, 5.41) is 2.93. The van der Waals surface area contributed by atoms with Gasteiger partial charge in [0.15, 0.2) is 0 Å². The summed E-state index contributed by atoms with van der Waals surface area (Å²) in [6, 6.07) is 11.9. The number of carbonyl (C=O) groups excluding carboxylic acids is 1. The van der Waals surface area contributed by atoms with Gasteiger partial charge in [0.2, 0.25) is 0 Å². The maximum absolute atomic E-state index is 12.2. The van der Waals surface area contributed by atoms with Gasteiger partial charge in [0.05, 0.1) is 0 Å². The van der Waals surface area contributed by atoms with Gasteiger partial charge in [-0.05, 0) is 48.9 Å². The summed E-state index contributed by atoms with van der Waals surface area (Å²) >= 11 is 0. The number of aryl methyl sites for hydroxylation is 2. The van der Waals surface area contributed by atoms with Crippen molar-refractivity contribution >= 4 is 5.91 Å². The van der Waals surface area contributed by atoms with Crippen LogP contribution in [0.25, 0.3) is 0 Å². The fourth-order valence-corrected chi connectivity index (χ4v) is 2.77. The molecule has 1 aliphatic rings. The number of pyridine rings is 1. The highest BCUT2D eigenvalue weighted by Gasteiger charge is 2.17. The molecule has 1 heterocycles. The van der Waals surface area contributed by atoms with Gasteiger partial charge in [0.25, 0.3) is 5.91 Å². The molecule has 0 atom stereocenters. The molecule has 1 aromatic heterocycles. The highest BCUT2D eigenvalue weighted by molar-refractivity contribution is 5.92. The molecule has 1 aromatic carbocycles. The van der Waals surface area contributed by atoms with Crippen LogP contribution in [0.15, 0.2) is 36.4 Å². The van der Waals surface area contributed by atoms with Gasteiger partial charge in [-0.2, -0.15) is 0 Å². The first-order valence-corrected chi connectivity index (χ1v) is 7.05. The van der Waals surface area contributed by atoms with Gasteiger partial charge < -0.3 is 5.32 Å². The van der Waals surface area contributed by atoms with Crippen molar-refractivity contribution in [2.75, 3.05) is 0 Å². The third-order valence-corrected chi connectivity index (χ3v) is 3.82. The Balaban J connectivity index is 1.73. The predicted octanol–water partition coefficient (Wildman–Crippen LogP) is 2.81. The molecule has 3 heteroatoms. The summed E-state index contributed by atoms with van der Waals surface area (Å²) in [4.78, 5) is 16.6. The molecule has 0 bridgehead atoms. The molecule has 1 aliphatic carbocycles. The van der Waals surface area contributed by atoms with Crippen molar-refractivity contribution in [3.05, 3.63) is 64.5 Å². The van der Waals surface area contributed by atoms with Crippen LogP contribution in [0, 0.1) is 6.92 Å². The van der Waals surface area contributed by atoms with Crippen molar-refractivity contribution in [1.82, 2.24) is 10.3 Å². The zero-order valence-corrected chi connectivity index (χ0v) is 11.6. The van der Waals surface area contributed by atoms with E-state index in [4.69, 9.17) is 0 Å². The number of amides is 1. The van der Waals surface area contributed by atoms with Crippen molar-refractivity contribution in [2.24, 2.45) is 0 Å². The lowest BCUT2D eigenvalue weighted by Gasteiger charge is -2.08. The van der Waals surface area contributed by atoms with Crippen molar-refractivity contribution in [3.63, 3.8) is 0 Å². The monoisotopic (exact) mass is 266 g/mol. The Morgan fingerprint density at radius 1 is 1.25 bits per heavy atom. The normalized spacial score (nSPS) is 13.1. The number of rotatable bonds is 3. The Hall–Kier alpha value is -2.16. The smallest absolute Gasteiger partial charge is 0.270 e. The number of carbonyl (C=O) groups is 1. The molecule has 0 radical (unpaired) electrons. The predicted molar refractivity (Wildman–Crippen MR) is 78.6 cm³/mol. The van der Waals surface area contributed by atoms with Crippen molar-refractivity contribution in [1.29, 1.82) is 0 Å². The molecule has 1 amide bonds. The molecule has 0 spiro atoms. The van der Waals surface area contributed by atoms with Gasteiger partial charge >= 0.3 is 0 Å². The Labute approximate surface area is 119 Å². The minimum absolute atomic E-state index is 0.0911. The van der Waals surface area contributed by atoms with Gasteiger partial charge in [-0.1, -0.05) is 30.3 Å². The van der Waals surface area contributed by atoms with E-state index < -0.39 is 0 Å². The van der Waals surface area contributed by atoms with E-state index in [1.165, 1.54) is 17.5 Å². The molecule has 1 N–H and O–H groups in total. The number of benzene rings is 1. The molecule has 0 saturated carbocycles. The van der Waals surface area contributed by atoms with Gasteiger partial charge in [-0.25, -0.2) is 4.98 Å². The van der Waals surface area contributed by atoms with Crippen LogP contribution in [-0.4, -0.2) is 10.9 Å². The van der Waals surface area contributed by atoms with E-state index in [2.05, 4.69) is 10.3 Å². The van der Waals surface area contributed by atoms with Crippen LogP contribution in [0.3, 0.4) is 0 Å². The summed E-state index contributed by atoms with van der Waals surface area (Å²) in [5.74, 6) is -0.0911. The Morgan fingerprint density at radius 3 is 2.85 bits per heavy atom. The van der Waals surface area contributed by atoms with Crippen LogP contribution in [0.4, 0.5) is 0 Å². The fraction of sp³-hybridized carbons (Fsp3) is 0.294. The van der Waals surface area contributed by atoms with E-state index in [0.29, 0.717) is 12.2 Å². The first kappa shape index (κ1) is 12.9. The molecule has 0 saturated heterocycles. The third kappa shape index (κ3) is 2.57. The van der Waals surface area contributed by atoms with Crippen LogP contribution in [-0.2, 0) is 19.4 Å². The maximum atomic E-state index is 12.2. The maximum Gasteiger partial charge on any atom is 0.270 e. The Bertz CT molecular complexity index is 635. The third-order valence-electron chi connectivity index (χ3n) is 3.82. The number of fused-ring (bicyclic) bond motifs is 1. The summed E-state index contributed by atoms with van der Waals surface area (Å²) in [6.45, 7) is 2.54. The lowest BCUT2D eigenvalue weighted by Crippen LogP contribution is -2.24. The second-order valence-corrected chi connectivity index (χ2v) is 5.25. The molecule has 0 unspecified atom stereocenters. The highest BCUT2D eigenvalue weighted by Crippen LogP contribution is 2.24. The lowest BCUT2D eigenvalue weighted by atomic mass is 10.1. The molecule has 3 rings (SSSR count). The largest absolute Gasteiger partial charge is 0.347 e. The minimum Gasteiger partial charge on any atom is -0.347 e. The van der Waals surface area contributed by atoms with Crippen LogP contribution in [0.5, 0.6) is 0 Å². The molecule has 0 aliphatic heterocycles. The number of hydrogen-bond acceptors (Lipinski definition) is 2. The minimum atomic E-state index is -0.0911. The van der Waals surface area contributed by atoms with Crippen LogP contribution >= 0.6 is 0 Å². The molecular formula is C17H18N2O. The van der Waals surface area contributed by atoms with E-state index in [-0.39, 0.29) is 5.91 Å². The van der Waals surface area contributed by atoms with Crippen LogP contribution < -0.4 is 5.32 Å². The van der Waals surface area contributed by atoms with Gasteiger partial charge in [0, 0.05) is 12.2 Å². The van der Waals surface area contributed by atoms with Gasteiger partial charge in [-0.15, -0.1) is 0 Å². The first-order valence-electron chi connectivity index (χ1n) is 7.05. The molecule has 2 aromatic rings. The summed E-state index contributed by atoms with van der Waals surface area (Å²) in [7, 11) is 0. The standard InChI is InChI=1S/C17H18N2O/c1-12-15-9-5-8-14(15)10-16(19-12)17(20)18-11-13-6-3-2-4-7-13/h2-4,6-7,10H,5,8-9,11H2,1H3,(H,18,20). The van der Waals surface area contributed by atoms with E-state index >= 15 is 0 Å². The quantitative estimate of drug-likeness (QED) is 0.928. The average Bonchev–Trinajstić information content (AvgIpc) is 2.95. The molecule has 0 fully saturated rings. The van der Waals surface area contributed by atoms with Gasteiger partial charge in [-0.3, -0.25) is 4.79 Å². The first-order chi connectivity index (χ1) is 9.74.